The van der Waals surface area contributed by atoms with Crippen molar-refractivity contribution in [3.8, 4) is 10.9 Å². The number of hydrogen-bond acceptors (Lipinski definition) is 7. The molecule has 0 radical (unpaired) electrons. The second kappa shape index (κ2) is 10.4. The van der Waals surface area contributed by atoms with Crippen LogP contribution in [0.25, 0.3) is 0 Å². The van der Waals surface area contributed by atoms with Crippen LogP contribution in [-0.4, -0.2) is 47.1 Å². The minimum atomic E-state index is -0.128. The third-order valence-corrected chi connectivity index (χ3v) is 6.85. The predicted octanol–water partition coefficient (Wildman–Crippen LogP) is 4.76. The average molecular weight is 465 g/mol. The quantitative estimate of drug-likeness (QED) is 0.492. The molecule has 0 atom stereocenters. The maximum atomic E-state index is 13.0. The Labute approximate surface area is 197 Å². The van der Waals surface area contributed by atoms with E-state index in [0.29, 0.717) is 16.5 Å². The molecule has 33 heavy (non-hydrogen) atoms. The number of anilines is 1. The van der Waals surface area contributed by atoms with Gasteiger partial charge in [-0.15, -0.1) is 0 Å². The number of nitrogens with zero attached hydrogens (tertiary/aromatic N) is 3. The number of ether oxygens (including phenoxy) is 2. The fourth-order valence-electron chi connectivity index (χ4n) is 3.85. The van der Waals surface area contributed by atoms with Crippen molar-refractivity contribution in [1.82, 2.24) is 14.9 Å². The van der Waals surface area contributed by atoms with Gasteiger partial charge in [0.25, 0.3) is 11.1 Å². The summed E-state index contributed by atoms with van der Waals surface area (Å²) >= 11 is 1.36. The Kier molecular flexibility index (Phi) is 6.95. The first-order chi connectivity index (χ1) is 16.2. The lowest BCUT2D eigenvalue weighted by molar-refractivity contribution is 0.0342. The SMILES string of the molecule is O=C(Nc1sc(Oc2cccnc2)nc1CCC1CC1)c1ccc(CN2CCOCC2)cc1. The normalized spacial score (nSPS) is 16.5. The summed E-state index contributed by atoms with van der Waals surface area (Å²) in [5, 5.41) is 4.35. The summed E-state index contributed by atoms with van der Waals surface area (Å²) in [6, 6.07) is 11.5. The molecular formula is C25H28N4O3S. The highest BCUT2D eigenvalue weighted by molar-refractivity contribution is 7.17. The zero-order chi connectivity index (χ0) is 22.5. The molecular weight excluding hydrogens is 436 g/mol. The lowest BCUT2D eigenvalue weighted by Gasteiger charge is -2.26. The summed E-state index contributed by atoms with van der Waals surface area (Å²) in [5.41, 5.74) is 2.73. The van der Waals surface area contributed by atoms with Crippen LogP contribution in [0.1, 0.15) is 40.9 Å². The Morgan fingerprint density at radius 1 is 1.18 bits per heavy atom. The molecule has 1 N–H and O–H groups in total. The number of nitrogens with one attached hydrogen (secondary N) is 1. The zero-order valence-corrected chi connectivity index (χ0v) is 19.4. The molecule has 0 spiro atoms. The molecule has 2 aromatic heterocycles. The molecule has 3 heterocycles. The van der Waals surface area contributed by atoms with E-state index in [9.17, 15) is 4.79 Å². The van der Waals surface area contributed by atoms with Gasteiger partial charge in [-0.25, -0.2) is 4.98 Å². The smallest absolute Gasteiger partial charge is 0.281 e. The highest BCUT2D eigenvalue weighted by Crippen LogP contribution is 2.38. The molecule has 3 aromatic rings. The number of aromatic nitrogens is 2. The Balaban J connectivity index is 1.25. The standard InChI is InChI=1S/C25H28N4O3S/c30-23(20-8-5-19(6-9-20)17-29-12-14-31-15-13-29)28-24-22(10-7-18-3-4-18)27-25(33-24)32-21-2-1-11-26-16-21/h1-2,5-6,8-9,11,16,18H,3-4,7,10,12-15,17H2,(H,28,30). The lowest BCUT2D eigenvalue weighted by atomic mass is 10.1. The van der Waals surface area contributed by atoms with Crippen LogP contribution >= 0.6 is 11.3 Å². The van der Waals surface area contributed by atoms with Gasteiger partial charge in [-0.1, -0.05) is 36.3 Å². The van der Waals surface area contributed by atoms with Gasteiger partial charge >= 0.3 is 0 Å². The van der Waals surface area contributed by atoms with Crippen LogP contribution in [0.4, 0.5) is 5.00 Å². The first-order valence-corrected chi connectivity index (χ1v) is 12.3. The van der Waals surface area contributed by atoms with Gasteiger partial charge in [-0.3, -0.25) is 14.7 Å². The number of thiazole rings is 1. The maximum Gasteiger partial charge on any atom is 0.281 e. The topological polar surface area (TPSA) is 76.6 Å². The monoisotopic (exact) mass is 464 g/mol. The van der Waals surface area contributed by atoms with Gasteiger partial charge in [0.2, 0.25) is 0 Å². The van der Waals surface area contributed by atoms with Crippen LogP contribution in [0.2, 0.25) is 0 Å². The average Bonchev–Trinajstić information content (AvgIpc) is 3.60. The van der Waals surface area contributed by atoms with Gasteiger partial charge in [-0.05, 0) is 48.6 Å². The highest BCUT2D eigenvalue weighted by atomic mass is 32.1. The van der Waals surface area contributed by atoms with Crippen LogP contribution in [0.15, 0.2) is 48.8 Å². The predicted molar refractivity (Wildman–Crippen MR) is 128 cm³/mol. The van der Waals surface area contributed by atoms with E-state index >= 15 is 0 Å². The summed E-state index contributed by atoms with van der Waals surface area (Å²) in [5.74, 6) is 1.29. The van der Waals surface area contributed by atoms with Gasteiger partial charge in [0, 0.05) is 31.4 Å². The van der Waals surface area contributed by atoms with Crippen molar-refractivity contribution in [2.45, 2.75) is 32.2 Å². The fourth-order valence-corrected chi connectivity index (χ4v) is 4.73. The van der Waals surface area contributed by atoms with Crippen LogP contribution in [-0.2, 0) is 17.7 Å². The van der Waals surface area contributed by atoms with E-state index in [1.54, 1.807) is 12.4 Å². The van der Waals surface area contributed by atoms with Crippen molar-refractivity contribution in [2.24, 2.45) is 5.92 Å². The van der Waals surface area contributed by atoms with Crippen molar-refractivity contribution >= 4 is 22.2 Å². The lowest BCUT2D eigenvalue weighted by Crippen LogP contribution is -2.35. The summed E-state index contributed by atoms with van der Waals surface area (Å²) in [6.07, 6.45) is 7.87. The highest BCUT2D eigenvalue weighted by Gasteiger charge is 2.23. The molecule has 1 aliphatic heterocycles. The fraction of sp³-hybridized carbons (Fsp3) is 0.400. The summed E-state index contributed by atoms with van der Waals surface area (Å²) < 4.78 is 11.3. The van der Waals surface area contributed by atoms with Gasteiger partial charge in [-0.2, -0.15) is 0 Å². The number of pyridine rings is 1. The molecule has 5 rings (SSSR count). The minimum absolute atomic E-state index is 0.128. The molecule has 1 saturated carbocycles. The molecule has 0 bridgehead atoms. The van der Waals surface area contributed by atoms with Gasteiger partial charge in [0.15, 0.2) is 0 Å². The number of carbonyl (C=O) groups is 1. The van der Waals surface area contributed by atoms with Crippen LogP contribution in [0.3, 0.4) is 0 Å². The number of hydrogen-bond donors (Lipinski definition) is 1. The molecule has 1 saturated heterocycles. The van der Waals surface area contributed by atoms with Crippen molar-refractivity contribution in [3.63, 3.8) is 0 Å². The number of morpholine rings is 1. The van der Waals surface area contributed by atoms with E-state index in [1.807, 2.05) is 36.4 Å². The molecule has 0 unspecified atom stereocenters. The molecule has 2 fully saturated rings. The third-order valence-electron chi connectivity index (χ3n) is 5.96. The second-order valence-electron chi connectivity index (χ2n) is 8.57. The Morgan fingerprint density at radius 3 is 2.73 bits per heavy atom. The van der Waals surface area contributed by atoms with Crippen LogP contribution in [0, 0.1) is 5.92 Å². The molecule has 1 aliphatic carbocycles. The largest absolute Gasteiger partial charge is 0.429 e. The van der Waals surface area contributed by atoms with Crippen molar-refractivity contribution in [2.75, 3.05) is 31.6 Å². The Bertz CT molecular complexity index is 1060. The van der Waals surface area contributed by atoms with Gasteiger partial charge in [0.1, 0.15) is 10.8 Å². The van der Waals surface area contributed by atoms with E-state index in [-0.39, 0.29) is 5.91 Å². The zero-order valence-electron chi connectivity index (χ0n) is 18.5. The molecule has 8 heteroatoms. The van der Waals surface area contributed by atoms with Crippen LogP contribution in [0.5, 0.6) is 10.9 Å². The Morgan fingerprint density at radius 2 is 2.00 bits per heavy atom. The number of benzene rings is 1. The summed E-state index contributed by atoms with van der Waals surface area (Å²) in [4.78, 5) is 24.1. The van der Waals surface area contributed by atoms with Crippen molar-refractivity contribution in [1.29, 1.82) is 0 Å². The van der Waals surface area contributed by atoms with E-state index in [4.69, 9.17) is 9.47 Å². The summed E-state index contributed by atoms with van der Waals surface area (Å²) in [7, 11) is 0. The minimum Gasteiger partial charge on any atom is -0.429 e. The molecule has 2 aliphatic rings. The number of aryl methyl sites for hydroxylation is 1. The molecule has 1 amide bonds. The van der Waals surface area contributed by atoms with Gasteiger partial charge in [0.05, 0.1) is 25.1 Å². The van der Waals surface area contributed by atoms with Crippen molar-refractivity contribution in [3.05, 3.63) is 65.6 Å². The molecule has 1 aromatic carbocycles. The van der Waals surface area contributed by atoms with E-state index in [1.165, 1.54) is 29.7 Å². The number of rotatable bonds is 9. The maximum absolute atomic E-state index is 13.0. The van der Waals surface area contributed by atoms with Crippen molar-refractivity contribution < 1.29 is 14.3 Å². The third kappa shape index (κ3) is 6.16. The Hall–Kier alpha value is -2.81. The van der Waals surface area contributed by atoms with Gasteiger partial charge < -0.3 is 14.8 Å². The molecule has 7 nitrogen and oxygen atoms in total. The van der Waals surface area contributed by atoms with E-state index in [0.717, 1.165) is 62.3 Å². The number of carbonyl (C=O) groups excluding carboxylic acids is 1. The first kappa shape index (κ1) is 22.0. The van der Waals surface area contributed by atoms with E-state index in [2.05, 4.69) is 20.2 Å². The first-order valence-electron chi connectivity index (χ1n) is 11.5. The second-order valence-corrected chi connectivity index (χ2v) is 9.53. The molecule has 172 valence electrons. The number of amides is 1. The summed E-state index contributed by atoms with van der Waals surface area (Å²) in [6.45, 7) is 4.33. The van der Waals surface area contributed by atoms with Crippen LogP contribution < -0.4 is 10.1 Å². The van der Waals surface area contributed by atoms with E-state index < -0.39 is 0 Å².